The smallest absolute Gasteiger partial charge is 0.306 e. The van der Waals surface area contributed by atoms with E-state index in [0.717, 1.165) is 89.9 Å². The molecule has 0 aliphatic rings. The van der Waals surface area contributed by atoms with Gasteiger partial charge in [0.2, 0.25) is 5.91 Å². The van der Waals surface area contributed by atoms with E-state index in [4.69, 9.17) is 4.74 Å². The van der Waals surface area contributed by atoms with Gasteiger partial charge in [-0.1, -0.05) is 246 Å². The van der Waals surface area contributed by atoms with Gasteiger partial charge >= 0.3 is 5.97 Å². The fourth-order valence-electron chi connectivity index (χ4n) is 8.04. The fourth-order valence-corrected chi connectivity index (χ4v) is 8.04. The van der Waals surface area contributed by atoms with Crippen molar-refractivity contribution in [3.63, 3.8) is 0 Å². The largest absolute Gasteiger partial charge is 0.462 e. The molecule has 0 saturated heterocycles. The summed E-state index contributed by atoms with van der Waals surface area (Å²) < 4.78 is 5.90. The molecule has 3 N–H and O–H groups in total. The molecule has 3 unspecified atom stereocenters. The standard InChI is InChI=1S/C63H107NO5/c1-4-7-10-13-16-19-22-25-28-31-33-36-39-42-45-48-51-54-59(69-63(68)56-53-50-47-44-41-38-35-32-29-26-23-20-17-14-11-8-5-2)57-62(67)64-60(58-65)61(66)55-52-49-46-43-40-37-34-30-27-24-21-18-15-12-9-6-3/h8,11,16-17,19-20,25-26,28-29,33,35-36,38,42,44-45,47,59-61,65-66H,4-7,9-10,12-15,18,21-24,27,30-32,34,37,39-41,43,46,48-58H2,1-3H3,(H,64,67)/b11-8-,19-16-,20-17-,28-25-,29-26-,36-33-,38-35-,45-42-,47-44-. The summed E-state index contributed by atoms with van der Waals surface area (Å²) in [5.41, 5.74) is 0. The third-order valence-electron chi connectivity index (χ3n) is 12.3. The molecule has 6 nitrogen and oxygen atoms in total. The Balaban J connectivity index is 4.76. The Morgan fingerprint density at radius 3 is 1.22 bits per heavy atom. The van der Waals surface area contributed by atoms with E-state index in [9.17, 15) is 19.8 Å². The number of ether oxygens (including phenoxy) is 1. The van der Waals surface area contributed by atoms with Gasteiger partial charge in [0.25, 0.3) is 0 Å². The predicted octanol–water partition coefficient (Wildman–Crippen LogP) is 17.8. The van der Waals surface area contributed by atoms with Gasteiger partial charge in [-0.3, -0.25) is 9.59 Å². The van der Waals surface area contributed by atoms with Crippen LogP contribution in [-0.2, 0) is 14.3 Å². The Labute approximate surface area is 426 Å². The zero-order valence-corrected chi connectivity index (χ0v) is 44.9. The molecule has 0 spiro atoms. The molecule has 0 radical (unpaired) electrons. The van der Waals surface area contributed by atoms with Gasteiger partial charge in [-0.25, -0.2) is 0 Å². The fraction of sp³-hybridized carbons (Fsp3) is 0.683. The number of aliphatic hydroxyl groups is 2. The molecule has 0 bridgehead atoms. The van der Waals surface area contributed by atoms with Gasteiger partial charge in [0, 0.05) is 6.42 Å². The summed E-state index contributed by atoms with van der Waals surface area (Å²) in [5.74, 6) is -0.602. The van der Waals surface area contributed by atoms with Crippen LogP contribution in [0.15, 0.2) is 109 Å². The Morgan fingerprint density at radius 2 is 0.797 bits per heavy atom. The van der Waals surface area contributed by atoms with Crippen molar-refractivity contribution in [3.8, 4) is 0 Å². The van der Waals surface area contributed by atoms with Crippen LogP contribution in [0.4, 0.5) is 0 Å². The van der Waals surface area contributed by atoms with Crippen LogP contribution < -0.4 is 5.32 Å². The van der Waals surface area contributed by atoms with Crippen molar-refractivity contribution in [1.29, 1.82) is 0 Å². The normalized spacial score (nSPS) is 14.0. The molecule has 0 aliphatic carbocycles. The first-order valence-corrected chi connectivity index (χ1v) is 28.6. The van der Waals surface area contributed by atoms with Crippen molar-refractivity contribution in [3.05, 3.63) is 109 Å². The molecule has 0 aliphatic heterocycles. The van der Waals surface area contributed by atoms with E-state index in [1.807, 2.05) is 0 Å². The number of esters is 1. The average molecular weight is 959 g/mol. The number of allylic oxidation sites excluding steroid dienone is 18. The van der Waals surface area contributed by atoms with Gasteiger partial charge in [0.05, 0.1) is 25.2 Å². The number of hydrogen-bond acceptors (Lipinski definition) is 5. The number of carbonyl (C=O) groups excluding carboxylic acids is 2. The molecule has 69 heavy (non-hydrogen) atoms. The Bertz CT molecular complexity index is 1400. The van der Waals surface area contributed by atoms with Crippen LogP contribution in [0.25, 0.3) is 0 Å². The van der Waals surface area contributed by atoms with Gasteiger partial charge in [0.1, 0.15) is 6.10 Å². The molecule has 0 fully saturated rings. The summed E-state index contributed by atoms with van der Waals surface area (Å²) in [6, 6.07) is -0.739. The number of nitrogens with one attached hydrogen (secondary N) is 1. The molecule has 0 aromatic rings. The molecule has 0 rings (SSSR count). The van der Waals surface area contributed by atoms with Crippen LogP contribution >= 0.6 is 0 Å². The first kappa shape index (κ1) is 65.5. The van der Waals surface area contributed by atoms with Gasteiger partial charge < -0.3 is 20.3 Å². The number of aliphatic hydroxyl groups excluding tert-OH is 2. The molecule has 6 heteroatoms. The molecule has 0 aromatic heterocycles. The van der Waals surface area contributed by atoms with E-state index in [0.29, 0.717) is 25.7 Å². The van der Waals surface area contributed by atoms with Crippen LogP contribution in [0.2, 0.25) is 0 Å². The Hall–Kier alpha value is -3.48. The first-order valence-electron chi connectivity index (χ1n) is 28.6. The third kappa shape index (κ3) is 50.7. The first-order chi connectivity index (χ1) is 34.0. The highest BCUT2D eigenvalue weighted by atomic mass is 16.5. The van der Waals surface area contributed by atoms with E-state index >= 15 is 0 Å². The van der Waals surface area contributed by atoms with Gasteiger partial charge in [0.15, 0.2) is 0 Å². The minimum absolute atomic E-state index is 0.0113. The van der Waals surface area contributed by atoms with E-state index in [1.54, 1.807) is 0 Å². The average Bonchev–Trinajstić information content (AvgIpc) is 3.34. The van der Waals surface area contributed by atoms with Crippen molar-refractivity contribution in [2.45, 2.75) is 270 Å². The molecule has 0 aromatic carbocycles. The lowest BCUT2D eigenvalue weighted by Crippen LogP contribution is -2.46. The van der Waals surface area contributed by atoms with Crippen molar-refractivity contribution in [2.24, 2.45) is 0 Å². The molecule has 1 amide bonds. The molecule has 0 saturated carbocycles. The summed E-state index contributed by atoms with van der Waals surface area (Å²) in [7, 11) is 0. The summed E-state index contributed by atoms with van der Waals surface area (Å²) in [6.45, 7) is 6.32. The second-order valence-electron chi connectivity index (χ2n) is 19.0. The van der Waals surface area contributed by atoms with Gasteiger partial charge in [-0.2, -0.15) is 0 Å². The predicted molar refractivity (Wildman–Crippen MR) is 300 cm³/mol. The number of unbranched alkanes of at least 4 members (excludes halogenated alkanes) is 20. The summed E-state index contributed by atoms with van der Waals surface area (Å²) in [6.07, 6.45) is 75.8. The highest BCUT2D eigenvalue weighted by Crippen LogP contribution is 2.17. The van der Waals surface area contributed by atoms with E-state index in [1.165, 1.54) is 109 Å². The molecular formula is C63H107NO5. The highest BCUT2D eigenvalue weighted by molar-refractivity contribution is 5.77. The van der Waals surface area contributed by atoms with Crippen LogP contribution in [0.5, 0.6) is 0 Å². The molecule has 0 heterocycles. The van der Waals surface area contributed by atoms with E-state index in [2.05, 4.69) is 135 Å². The third-order valence-corrected chi connectivity index (χ3v) is 12.3. The molecule has 394 valence electrons. The van der Waals surface area contributed by atoms with Crippen LogP contribution in [0.3, 0.4) is 0 Å². The summed E-state index contributed by atoms with van der Waals surface area (Å²) in [4.78, 5) is 26.2. The second-order valence-corrected chi connectivity index (χ2v) is 19.0. The lowest BCUT2D eigenvalue weighted by atomic mass is 10.0. The lowest BCUT2D eigenvalue weighted by Gasteiger charge is -2.24. The lowest BCUT2D eigenvalue weighted by molar-refractivity contribution is -0.151. The number of carbonyl (C=O) groups is 2. The maximum atomic E-state index is 13.3. The number of hydrogen-bond donors (Lipinski definition) is 3. The minimum Gasteiger partial charge on any atom is -0.462 e. The maximum absolute atomic E-state index is 13.3. The van der Waals surface area contributed by atoms with E-state index in [-0.39, 0.29) is 24.9 Å². The van der Waals surface area contributed by atoms with Crippen molar-refractivity contribution in [1.82, 2.24) is 5.32 Å². The molecule has 3 atom stereocenters. The maximum Gasteiger partial charge on any atom is 0.306 e. The van der Waals surface area contributed by atoms with Gasteiger partial charge in [-0.05, 0) is 103 Å². The monoisotopic (exact) mass is 958 g/mol. The van der Waals surface area contributed by atoms with Gasteiger partial charge in [-0.15, -0.1) is 0 Å². The molecular weight excluding hydrogens is 851 g/mol. The zero-order chi connectivity index (χ0) is 50.2. The highest BCUT2D eigenvalue weighted by Gasteiger charge is 2.24. The quantitative estimate of drug-likeness (QED) is 0.0321. The van der Waals surface area contributed by atoms with Crippen molar-refractivity contribution < 1.29 is 24.5 Å². The Kier molecular flexibility index (Phi) is 52.7. The number of amides is 1. The zero-order valence-electron chi connectivity index (χ0n) is 44.9. The van der Waals surface area contributed by atoms with Crippen molar-refractivity contribution in [2.75, 3.05) is 6.61 Å². The topological polar surface area (TPSA) is 95.9 Å². The Morgan fingerprint density at radius 1 is 0.435 bits per heavy atom. The van der Waals surface area contributed by atoms with Crippen LogP contribution in [0.1, 0.15) is 252 Å². The summed E-state index contributed by atoms with van der Waals surface area (Å²) >= 11 is 0. The summed E-state index contributed by atoms with van der Waals surface area (Å²) in [5, 5.41) is 23.9. The minimum atomic E-state index is -0.819. The number of rotatable bonds is 50. The SMILES string of the molecule is CC/C=C\C/C=C\C/C=C\C/C=C\C/C=C\CCCC(=O)OC(CCC/C=C\C/C=C\C/C=C\C/C=C\CCCCC)CC(=O)NC(CO)C(O)CCCCCCCCCCCCCCCCCC. The van der Waals surface area contributed by atoms with Crippen LogP contribution in [-0.4, -0.2) is 46.9 Å². The van der Waals surface area contributed by atoms with E-state index < -0.39 is 18.2 Å². The second kappa shape index (κ2) is 55.4. The van der Waals surface area contributed by atoms with Crippen molar-refractivity contribution >= 4 is 11.9 Å². The van der Waals surface area contributed by atoms with Crippen LogP contribution in [0, 0.1) is 0 Å².